The Hall–Kier alpha value is -1.92. The molecule has 2 aromatic rings. The van der Waals surface area contributed by atoms with Gasteiger partial charge in [-0.1, -0.05) is 23.4 Å². The first-order valence-corrected chi connectivity index (χ1v) is 7.29. The first-order valence-electron chi connectivity index (χ1n) is 7.29. The average Bonchev–Trinajstić information content (AvgIpc) is 3.05. The molecule has 0 aliphatic carbocycles. The fraction of sp³-hybridized carbons (Fsp3) is 0.467. The molecular formula is C15H17N3O3. The molecule has 0 spiro atoms. The van der Waals surface area contributed by atoms with Gasteiger partial charge in [0.15, 0.2) is 5.82 Å². The highest BCUT2D eigenvalue weighted by molar-refractivity contribution is 5.40. The van der Waals surface area contributed by atoms with Crippen LogP contribution in [0.5, 0.6) is 5.75 Å². The Labute approximate surface area is 122 Å². The van der Waals surface area contributed by atoms with Crippen molar-refractivity contribution < 1.29 is 14.0 Å². The van der Waals surface area contributed by atoms with Crippen molar-refractivity contribution >= 4 is 0 Å². The van der Waals surface area contributed by atoms with E-state index in [0.29, 0.717) is 25.6 Å². The molecule has 6 heteroatoms. The quantitative estimate of drug-likeness (QED) is 0.905. The van der Waals surface area contributed by atoms with Gasteiger partial charge in [0.25, 0.3) is 5.89 Å². The third-order valence-electron chi connectivity index (χ3n) is 3.93. The number of ether oxygens (including phenoxy) is 2. The van der Waals surface area contributed by atoms with E-state index in [9.17, 15) is 0 Å². The number of nitrogens with zero attached hydrogens (tertiary/aromatic N) is 2. The Morgan fingerprint density at radius 2 is 2.14 bits per heavy atom. The molecule has 2 aliphatic rings. The Morgan fingerprint density at radius 1 is 1.19 bits per heavy atom. The van der Waals surface area contributed by atoms with Crippen LogP contribution in [0.25, 0.3) is 0 Å². The van der Waals surface area contributed by atoms with Crippen molar-refractivity contribution in [1.29, 1.82) is 0 Å². The maximum atomic E-state index is 5.68. The molecule has 4 rings (SSSR count). The zero-order chi connectivity index (χ0) is 14.1. The summed E-state index contributed by atoms with van der Waals surface area (Å²) in [6, 6.07) is 8.03. The largest absolute Gasteiger partial charge is 0.493 e. The van der Waals surface area contributed by atoms with Gasteiger partial charge in [0.05, 0.1) is 19.1 Å². The molecule has 0 amide bonds. The highest BCUT2D eigenvalue weighted by atomic mass is 16.5. The van der Waals surface area contributed by atoms with Crippen LogP contribution in [0.15, 0.2) is 28.8 Å². The number of morpholine rings is 1. The standard InChI is InChI=1S/C15H17N3O3/c1-2-4-12-10(3-1)11(5-7-19-12)14-17-15(21-18-14)13-9-16-6-8-20-13/h1-4,11,13,16H,5-9H2. The Morgan fingerprint density at radius 3 is 3.05 bits per heavy atom. The van der Waals surface area contributed by atoms with Crippen molar-refractivity contribution in [2.45, 2.75) is 18.4 Å². The van der Waals surface area contributed by atoms with Gasteiger partial charge in [0.1, 0.15) is 11.9 Å². The molecule has 110 valence electrons. The lowest BCUT2D eigenvalue weighted by molar-refractivity contribution is 0.00755. The third kappa shape index (κ3) is 2.41. The summed E-state index contributed by atoms with van der Waals surface area (Å²) < 4.78 is 16.7. The summed E-state index contributed by atoms with van der Waals surface area (Å²) in [7, 11) is 0. The van der Waals surface area contributed by atoms with Gasteiger partial charge in [0.2, 0.25) is 0 Å². The van der Waals surface area contributed by atoms with Gasteiger partial charge in [-0.05, 0) is 12.5 Å². The SMILES string of the molecule is c1ccc2c(c1)OCCC2c1noc(C2CNCCO2)n1. The van der Waals surface area contributed by atoms with Gasteiger partial charge in [-0.2, -0.15) is 4.98 Å². The molecule has 21 heavy (non-hydrogen) atoms. The van der Waals surface area contributed by atoms with Crippen LogP contribution in [0.2, 0.25) is 0 Å². The van der Waals surface area contributed by atoms with E-state index >= 15 is 0 Å². The summed E-state index contributed by atoms with van der Waals surface area (Å²) in [6.45, 7) is 2.92. The minimum Gasteiger partial charge on any atom is -0.493 e. The lowest BCUT2D eigenvalue weighted by Crippen LogP contribution is -2.33. The Bertz CT molecular complexity index is 622. The summed E-state index contributed by atoms with van der Waals surface area (Å²) in [5, 5.41) is 7.43. The zero-order valence-corrected chi connectivity index (χ0v) is 11.6. The van der Waals surface area contributed by atoms with E-state index in [1.807, 2.05) is 18.2 Å². The van der Waals surface area contributed by atoms with Crippen molar-refractivity contribution in [2.24, 2.45) is 0 Å². The maximum Gasteiger partial charge on any atom is 0.257 e. The normalized spacial score (nSPS) is 25.1. The zero-order valence-electron chi connectivity index (χ0n) is 11.6. The number of para-hydroxylation sites is 1. The van der Waals surface area contributed by atoms with Crippen molar-refractivity contribution in [1.82, 2.24) is 15.5 Å². The fourth-order valence-corrected chi connectivity index (χ4v) is 2.85. The van der Waals surface area contributed by atoms with Gasteiger partial charge in [-0.25, -0.2) is 0 Å². The van der Waals surface area contributed by atoms with Crippen molar-refractivity contribution in [3.05, 3.63) is 41.5 Å². The lowest BCUT2D eigenvalue weighted by atomic mass is 9.92. The first-order chi connectivity index (χ1) is 10.4. The highest BCUT2D eigenvalue weighted by Gasteiger charge is 2.29. The van der Waals surface area contributed by atoms with E-state index < -0.39 is 0 Å². The van der Waals surface area contributed by atoms with Crippen LogP contribution in [0.4, 0.5) is 0 Å². The van der Waals surface area contributed by atoms with Crippen molar-refractivity contribution in [2.75, 3.05) is 26.3 Å². The molecule has 2 aliphatic heterocycles. The highest BCUT2D eigenvalue weighted by Crippen LogP contribution is 2.37. The minimum absolute atomic E-state index is 0.129. The fourth-order valence-electron chi connectivity index (χ4n) is 2.85. The van der Waals surface area contributed by atoms with E-state index in [1.165, 1.54) is 0 Å². The topological polar surface area (TPSA) is 69.4 Å². The maximum absolute atomic E-state index is 5.68. The summed E-state index contributed by atoms with van der Waals surface area (Å²) in [5.41, 5.74) is 1.12. The van der Waals surface area contributed by atoms with Crippen molar-refractivity contribution in [3.63, 3.8) is 0 Å². The van der Waals surface area contributed by atoms with Gasteiger partial charge >= 0.3 is 0 Å². The van der Waals surface area contributed by atoms with Crippen LogP contribution in [0, 0.1) is 0 Å². The Kier molecular flexibility index (Phi) is 3.33. The number of hydrogen-bond acceptors (Lipinski definition) is 6. The predicted molar refractivity (Wildman–Crippen MR) is 74.3 cm³/mol. The molecule has 2 atom stereocenters. The van der Waals surface area contributed by atoms with Crippen LogP contribution in [-0.4, -0.2) is 36.4 Å². The van der Waals surface area contributed by atoms with Gasteiger partial charge < -0.3 is 19.3 Å². The minimum atomic E-state index is -0.143. The van der Waals surface area contributed by atoms with Crippen LogP contribution >= 0.6 is 0 Å². The molecule has 1 aromatic carbocycles. The third-order valence-corrected chi connectivity index (χ3v) is 3.93. The summed E-state index contributed by atoms with van der Waals surface area (Å²) >= 11 is 0. The van der Waals surface area contributed by atoms with E-state index in [2.05, 4.69) is 21.5 Å². The molecule has 1 N–H and O–H groups in total. The monoisotopic (exact) mass is 287 g/mol. The summed E-state index contributed by atoms with van der Waals surface area (Å²) in [5.74, 6) is 2.32. The number of fused-ring (bicyclic) bond motifs is 1. The number of hydrogen-bond donors (Lipinski definition) is 1. The molecule has 2 unspecified atom stereocenters. The second-order valence-corrected chi connectivity index (χ2v) is 5.28. The van der Waals surface area contributed by atoms with Crippen LogP contribution in [0.1, 0.15) is 35.7 Å². The van der Waals surface area contributed by atoms with Crippen LogP contribution in [-0.2, 0) is 4.74 Å². The molecular weight excluding hydrogens is 270 g/mol. The van der Waals surface area contributed by atoms with E-state index in [0.717, 1.165) is 30.1 Å². The number of nitrogens with one attached hydrogen (secondary N) is 1. The van der Waals surface area contributed by atoms with Crippen LogP contribution in [0.3, 0.4) is 0 Å². The van der Waals surface area contributed by atoms with Gasteiger partial charge in [-0.3, -0.25) is 0 Å². The molecule has 0 bridgehead atoms. The molecule has 0 saturated carbocycles. The molecule has 1 saturated heterocycles. The molecule has 1 fully saturated rings. The first kappa shape index (κ1) is 12.8. The number of rotatable bonds is 2. The molecule has 6 nitrogen and oxygen atoms in total. The Balaban J connectivity index is 1.61. The molecule has 3 heterocycles. The second-order valence-electron chi connectivity index (χ2n) is 5.28. The average molecular weight is 287 g/mol. The predicted octanol–water partition coefficient (Wildman–Crippen LogP) is 1.64. The van der Waals surface area contributed by atoms with Crippen LogP contribution < -0.4 is 10.1 Å². The summed E-state index contributed by atoms with van der Waals surface area (Å²) in [6.07, 6.45) is 0.717. The van der Waals surface area contributed by atoms with E-state index in [1.54, 1.807) is 0 Å². The lowest BCUT2D eigenvalue weighted by Gasteiger charge is -2.23. The smallest absolute Gasteiger partial charge is 0.257 e. The molecule has 1 aromatic heterocycles. The number of benzene rings is 1. The molecule has 0 radical (unpaired) electrons. The second kappa shape index (κ2) is 5.46. The number of aromatic nitrogens is 2. The van der Waals surface area contributed by atoms with Crippen molar-refractivity contribution in [3.8, 4) is 5.75 Å². The van der Waals surface area contributed by atoms with Gasteiger partial charge in [-0.15, -0.1) is 0 Å². The van der Waals surface area contributed by atoms with E-state index in [-0.39, 0.29) is 12.0 Å². The summed E-state index contributed by atoms with van der Waals surface area (Å²) in [4.78, 5) is 4.56. The van der Waals surface area contributed by atoms with Gasteiger partial charge in [0, 0.05) is 18.7 Å². The van der Waals surface area contributed by atoms with E-state index in [4.69, 9.17) is 14.0 Å².